The van der Waals surface area contributed by atoms with E-state index in [4.69, 9.17) is 13.2 Å². The highest BCUT2D eigenvalue weighted by Crippen LogP contribution is 2.43. The Morgan fingerprint density at radius 2 is 1.03 bits per heavy atom. The lowest BCUT2D eigenvalue weighted by atomic mass is 9.71. The van der Waals surface area contributed by atoms with E-state index in [1.54, 1.807) is 91.3 Å². The SMILES string of the molecule is [2H]C([2H])([2H])c1ccc(-c2ccc(CCc3cc(C([2H])([2H])Cc4ccc(-c5ccc(C([2H])([2H])[2H])cc5)nc4)cc(C([2H])([2H])C([2H])([2H])c4cnc(-c5ccccc5)cc4-c4ccc(C5([2H])CCC(C)(C)CC5)cc4)c3)cn2)cc1. The molecule has 3 nitrogen and oxygen atoms in total. The number of aromatic nitrogens is 3. The number of benzene rings is 5. The van der Waals surface area contributed by atoms with Gasteiger partial charge in [0.2, 0.25) is 0 Å². The van der Waals surface area contributed by atoms with Crippen molar-refractivity contribution in [1.29, 1.82) is 0 Å². The second-order valence-electron chi connectivity index (χ2n) is 17.6. The fraction of sp³-hybridized carbons (Fsp3) is 0.262. The fourth-order valence-electron chi connectivity index (χ4n) is 8.33. The third-order valence-electron chi connectivity index (χ3n) is 12.3. The van der Waals surface area contributed by atoms with Crippen LogP contribution < -0.4 is 0 Å². The molecule has 9 rings (SSSR count). The van der Waals surface area contributed by atoms with Crippen LogP contribution in [0.5, 0.6) is 0 Å². The van der Waals surface area contributed by atoms with E-state index in [0.29, 0.717) is 57.7 Å². The number of aryl methyl sites for hydroxylation is 8. The molecule has 3 heterocycles. The summed E-state index contributed by atoms with van der Waals surface area (Å²) in [4.78, 5) is 14.0. The molecular formula is C61H61N3. The largest absolute Gasteiger partial charge is 0.256 e. The molecule has 1 aliphatic carbocycles. The molecule has 8 aromatic rings. The Hall–Kier alpha value is -6.45. The molecule has 0 atom stereocenters. The van der Waals surface area contributed by atoms with Gasteiger partial charge in [-0.2, -0.15) is 0 Å². The molecule has 0 amide bonds. The summed E-state index contributed by atoms with van der Waals surface area (Å²) < 4.78 is 114. The van der Waals surface area contributed by atoms with Crippen molar-refractivity contribution in [3.05, 3.63) is 220 Å². The Labute approximate surface area is 400 Å². The monoisotopic (exact) mass is 849 g/mol. The quantitative estimate of drug-likeness (QED) is 0.109. The second kappa shape index (κ2) is 19.5. The van der Waals surface area contributed by atoms with Crippen LogP contribution in [-0.4, -0.2) is 15.0 Å². The third-order valence-corrected chi connectivity index (χ3v) is 12.3. The summed E-state index contributed by atoms with van der Waals surface area (Å²) in [5.74, 6) is -0.752. The predicted molar refractivity (Wildman–Crippen MR) is 268 cm³/mol. The first kappa shape index (κ1) is 29.8. The average Bonchev–Trinajstić information content (AvgIpc) is 3.44. The first-order chi connectivity index (χ1) is 36.2. The highest BCUT2D eigenvalue weighted by Gasteiger charge is 2.27. The highest BCUT2D eigenvalue weighted by molar-refractivity contribution is 5.73. The van der Waals surface area contributed by atoms with Gasteiger partial charge in [-0.15, -0.1) is 0 Å². The molecule has 5 aromatic carbocycles. The average molecular weight is 849 g/mol. The minimum Gasteiger partial charge on any atom is -0.256 e. The van der Waals surface area contributed by atoms with Crippen LogP contribution in [0, 0.1) is 19.1 Å². The van der Waals surface area contributed by atoms with Gasteiger partial charge in [-0.1, -0.05) is 158 Å². The molecule has 0 radical (unpaired) electrons. The van der Waals surface area contributed by atoms with Crippen LogP contribution in [0.2, 0.25) is 0 Å². The molecule has 1 aliphatic rings. The van der Waals surface area contributed by atoms with Crippen LogP contribution in [0.3, 0.4) is 0 Å². The molecular weight excluding hydrogens is 775 g/mol. The zero-order valence-electron chi connectivity index (χ0n) is 49.5. The Morgan fingerprint density at radius 1 is 0.500 bits per heavy atom. The number of rotatable bonds is 14. The fourth-order valence-corrected chi connectivity index (χ4v) is 8.33. The van der Waals surface area contributed by atoms with E-state index in [1.807, 2.05) is 66.7 Å². The Kier molecular flexibility index (Phi) is 9.10. The van der Waals surface area contributed by atoms with Crippen molar-refractivity contribution in [3.8, 4) is 44.9 Å². The summed E-state index contributed by atoms with van der Waals surface area (Å²) >= 11 is 0. The molecule has 0 spiro atoms. The second-order valence-corrected chi connectivity index (χ2v) is 17.6. The maximum Gasteiger partial charge on any atom is 0.0708 e. The van der Waals surface area contributed by atoms with Gasteiger partial charge in [-0.3, -0.25) is 15.0 Å². The molecule has 1 saturated carbocycles. The predicted octanol–water partition coefficient (Wildman–Crippen LogP) is 15.2. The van der Waals surface area contributed by atoms with E-state index in [1.165, 1.54) is 12.3 Å². The third kappa shape index (κ3) is 10.8. The van der Waals surface area contributed by atoms with Crippen molar-refractivity contribution in [3.63, 3.8) is 0 Å². The molecule has 1 fully saturated rings. The normalized spacial score (nSPS) is 18.4. The van der Waals surface area contributed by atoms with Crippen molar-refractivity contribution in [1.82, 2.24) is 15.0 Å². The van der Waals surface area contributed by atoms with Gasteiger partial charge in [0.1, 0.15) is 0 Å². The Bertz CT molecular complexity index is 3320. The zero-order chi connectivity index (χ0) is 55.2. The summed E-state index contributed by atoms with van der Waals surface area (Å²) in [5.41, 5.74) is 8.80. The van der Waals surface area contributed by atoms with Gasteiger partial charge in [0, 0.05) is 53.1 Å². The number of nitrogens with zero attached hydrogens (tertiary/aromatic N) is 3. The molecule has 0 N–H and O–H groups in total. The maximum atomic E-state index is 9.88. The summed E-state index contributed by atoms with van der Waals surface area (Å²) in [6, 6.07) is 44.1. The van der Waals surface area contributed by atoms with Crippen LogP contribution in [0.4, 0.5) is 0 Å². The van der Waals surface area contributed by atoms with Crippen LogP contribution in [0.15, 0.2) is 170 Å². The van der Waals surface area contributed by atoms with Crippen LogP contribution in [0.1, 0.15) is 113 Å². The summed E-state index contributed by atoms with van der Waals surface area (Å²) in [7, 11) is 0. The number of pyridine rings is 3. The first-order valence-corrected chi connectivity index (χ1v) is 22.1. The van der Waals surface area contributed by atoms with Crippen molar-refractivity contribution in [2.75, 3.05) is 0 Å². The van der Waals surface area contributed by atoms with Crippen molar-refractivity contribution < 1.29 is 17.8 Å². The summed E-state index contributed by atoms with van der Waals surface area (Å²) in [6.07, 6.45) is 1.09. The van der Waals surface area contributed by atoms with Crippen molar-refractivity contribution in [2.24, 2.45) is 5.41 Å². The first-order valence-electron chi connectivity index (χ1n) is 28.6. The lowest BCUT2D eigenvalue weighted by Crippen LogP contribution is -2.20. The van der Waals surface area contributed by atoms with E-state index in [9.17, 15) is 9.60 Å². The van der Waals surface area contributed by atoms with Crippen LogP contribution in [-0.2, 0) is 38.4 Å². The van der Waals surface area contributed by atoms with Gasteiger partial charge in [0.25, 0.3) is 0 Å². The molecule has 64 heavy (non-hydrogen) atoms. The number of hydrogen-bond acceptors (Lipinski definition) is 3. The molecule has 0 bridgehead atoms. The van der Waals surface area contributed by atoms with Crippen LogP contribution in [0.25, 0.3) is 44.9 Å². The minimum atomic E-state index is -2.75. The molecule has 3 heteroatoms. The van der Waals surface area contributed by atoms with E-state index in [2.05, 4.69) is 23.8 Å². The van der Waals surface area contributed by atoms with Crippen molar-refractivity contribution in [2.45, 2.75) is 97.5 Å². The lowest BCUT2D eigenvalue weighted by molar-refractivity contribution is 0.224. The molecule has 0 aliphatic heterocycles. The Morgan fingerprint density at radius 3 is 1.62 bits per heavy atom. The van der Waals surface area contributed by atoms with Gasteiger partial charge in [-0.25, -0.2) is 0 Å². The Balaban J connectivity index is 1.07. The summed E-state index contributed by atoms with van der Waals surface area (Å²) in [5, 5.41) is 0. The van der Waals surface area contributed by atoms with Crippen LogP contribution >= 0.6 is 0 Å². The van der Waals surface area contributed by atoms with E-state index >= 15 is 0 Å². The standard InChI is InChI=1S/C61H61N3/c1-43-10-21-54(22-11-43)58-30-19-45(40-62-58)14-16-47-36-48(17-15-46-20-31-59(63-41-46)55-23-12-44(2)13-24-55)38-49(37-47)18-25-56-42-64-60(53-8-6-5-7-9-53)39-57(56)52-28-26-50(27-29-52)51-32-34-61(3,4)35-33-51/h5-13,19-24,26-31,36-42,51H,14-18,25,32-35H2,1-4H3/i1D3,2D3,16D2,18D2,25D2,51D. The zero-order valence-corrected chi connectivity index (χ0v) is 36.5. The highest BCUT2D eigenvalue weighted by atomic mass is 14.7. The van der Waals surface area contributed by atoms with E-state index < -0.39 is 38.7 Å². The van der Waals surface area contributed by atoms with Gasteiger partial charge < -0.3 is 0 Å². The smallest absolute Gasteiger partial charge is 0.0708 e. The maximum absolute atomic E-state index is 9.88. The lowest BCUT2D eigenvalue weighted by Gasteiger charge is -2.34. The van der Waals surface area contributed by atoms with Gasteiger partial charge in [0.05, 0.1) is 17.1 Å². The van der Waals surface area contributed by atoms with E-state index in [0.717, 1.165) is 47.9 Å². The van der Waals surface area contributed by atoms with Gasteiger partial charge in [-0.05, 0) is 157 Å². The van der Waals surface area contributed by atoms with E-state index in [-0.39, 0.29) is 39.7 Å². The summed E-state index contributed by atoms with van der Waals surface area (Å²) in [6.45, 7) is 0.0164. The molecule has 0 unspecified atom stereocenters. The van der Waals surface area contributed by atoms with Gasteiger partial charge in [0.15, 0.2) is 0 Å². The van der Waals surface area contributed by atoms with Gasteiger partial charge >= 0.3 is 0 Å². The van der Waals surface area contributed by atoms with Crippen molar-refractivity contribution >= 4 is 0 Å². The minimum absolute atomic E-state index is 0.0170. The molecule has 0 saturated heterocycles. The molecule has 3 aromatic heterocycles. The number of hydrogen-bond donors (Lipinski definition) is 0. The molecule has 320 valence electrons. The topological polar surface area (TPSA) is 38.7 Å².